The number of hydrogen-bond donors (Lipinski definition) is 2. The van der Waals surface area contributed by atoms with E-state index in [0.29, 0.717) is 6.54 Å². The fraction of sp³-hybridized carbons (Fsp3) is 0.375. The molecule has 1 atom stereocenters. The normalized spacial score (nSPS) is 12.0. The van der Waals surface area contributed by atoms with Gasteiger partial charge in [-0.2, -0.15) is 0 Å². The quantitative estimate of drug-likeness (QED) is 0.833. The van der Waals surface area contributed by atoms with Crippen molar-refractivity contribution in [3.05, 3.63) is 40.4 Å². The highest BCUT2D eigenvalue weighted by molar-refractivity contribution is 7.13. The van der Waals surface area contributed by atoms with Gasteiger partial charge in [-0.1, -0.05) is 30.7 Å². The van der Waals surface area contributed by atoms with E-state index in [9.17, 15) is 4.79 Å². The third-order valence-corrected chi connectivity index (χ3v) is 4.49. The zero-order chi connectivity index (χ0) is 15.9. The van der Waals surface area contributed by atoms with Gasteiger partial charge in [0.1, 0.15) is 5.01 Å². The van der Waals surface area contributed by atoms with Gasteiger partial charge >= 0.3 is 6.03 Å². The molecule has 0 aliphatic rings. The van der Waals surface area contributed by atoms with Crippen molar-refractivity contribution in [3.63, 3.8) is 0 Å². The number of nitrogens with zero attached hydrogens (tertiary/aromatic N) is 1. The number of thiazole rings is 1. The van der Waals surface area contributed by atoms with Crippen LogP contribution in [0.1, 0.15) is 26.0 Å². The van der Waals surface area contributed by atoms with Gasteiger partial charge in [-0.3, -0.25) is 0 Å². The molecular weight excluding hydrogens is 318 g/mol. The number of halogens is 1. The molecule has 0 saturated heterocycles. The first-order valence-corrected chi connectivity index (χ1v) is 8.59. The highest BCUT2D eigenvalue weighted by Gasteiger charge is 2.07. The number of rotatable bonds is 6. The van der Waals surface area contributed by atoms with Crippen molar-refractivity contribution in [1.82, 2.24) is 15.6 Å². The molecule has 1 aromatic carbocycles. The van der Waals surface area contributed by atoms with Crippen LogP contribution >= 0.6 is 22.9 Å². The van der Waals surface area contributed by atoms with Crippen molar-refractivity contribution < 1.29 is 4.79 Å². The number of benzene rings is 1. The van der Waals surface area contributed by atoms with Crippen LogP contribution in [0.25, 0.3) is 10.6 Å². The highest BCUT2D eigenvalue weighted by Crippen LogP contribution is 2.25. The van der Waals surface area contributed by atoms with Crippen molar-refractivity contribution >= 4 is 29.0 Å². The summed E-state index contributed by atoms with van der Waals surface area (Å²) in [4.78, 5) is 16.2. The lowest BCUT2D eigenvalue weighted by atomic mass is 10.2. The Hall–Kier alpha value is -1.59. The number of nitrogens with one attached hydrogen (secondary N) is 2. The minimum atomic E-state index is -0.123. The Labute approximate surface area is 139 Å². The standard InChI is InChI=1S/C16H20ClN3OS/c1-3-11(2)19-16(21)18-9-8-14-10-22-15(20-14)12-4-6-13(17)7-5-12/h4-7,10-11H,3,8-9H2,1-2H3,(H2,18,19,21). The maximum Gasteiger partial charge on any atom is 0.315 e. The third-order valence-electron chi connectivity index (χ3n) is 3.30. The van der Waals surface area contributed by atoms with Crippen LogP contribution in [-0.2, 0) is 6.42 Å². The van der Waals surface area contributed by atoms with Crippen molar-refractivity contribution in [1.29, 1.82) is 0 Å². The van der Waals surface area contributed by atoms with Gasteiger partial charge in [0.2, 0.25) is 0 Å². The fourth-order valence-electron chi connectivity index (χ4n) is 1.83. The van der Waals surface area contributed by atoms with Crippen LogP contribution in [0.5, 0.6) is 0 Å². The first-order valence-electron chi connectivity index (χ1n) is 7.33. The van der Waals surface area contributed by atoms with E-state index in [2.05, 4.69) is 15.6 Å². The fourth-order valence-corrected chi connectivity index (χ4v) is 2.81. The van der Waals surface area contributed by atoms with Crippen LogP contribution in [0.4, 0.5) is 4.79 Å². The van der Waals surface area contributed by atoms with Crippen LogP contribution in [-0.4, -0.2) is 23.6 Å². The van der Waals surface area contributed by atoms with E-state index in [0.717, 1.165) is 34.1 Å². The van der Waals surface area contributed by atoms with Crippen molar-refractivity contribution in [3.8, 4) is 10.6 Å². The molecule has 1 heterocycles. The monoisotopic (exact) mass is 337 g/mol. The van der Waals surface area contributed by atoms with Gasteiger partial charge in [-0.15, -0.1) is 11.3 Å². The maximum atomic E-state index is 11.6. The molecule has 118 valence electrons. The van der Waals surface area contributed by atoms with E-state index in [1.54, 1.807) is 11.3 Å². The summed E-state index contributed by atoms with van der Waals surface area (Å²) in [6, 6.07) is 7.71. The predicted octanol–water partition coefficient (Wildman–Crippen LogP) is 4.10. The Bertz CT molecular complexity index is 612. The van der Waals surface area contributed by atoms with E-state index < -0.39 is 0 Å². The van der Waals surface area contributed by atoms with E-state index in [1.165, 1.54) is 0 Å². The SMILES string of the molecule is CCC(C)NC(=O)NCCc1csc(-c2ccc(Cl)cc2)n1. The van der Waals surface area contributed by atoms with Gasteiger partial charge in [0, 0.05) is 35.0 Å². The molecule has 0 fully saturated rings. The lowest BCUT2D eigenvalue weighted by Crippen LogP contribution is -2.41. The molecule has 0 aliphatic carbocycles. The van der Waals surface area contributed by atoms with Gasteiger partial charge < -0.3 is 10.6 Å². The summed E-state index contributed by atoms with van der Waals surface area (Å²) in [5.41, 5.74) is 2.04. The molecule has 0 spiro atoms. The lowest BCUT2D eigenvalue weighted by molar-refractivity contribution is 0.237. The minimum absolute atomic E-state index is 0.123. The predicted molar refractivity (Wildman–Crippen MR) is 92.6 cm³/mol. The second-order valence-corrected chi connectivity index (χ2v) is 6.40. The van der Waals surface area contributed by atoms with Crippen molar-refractivity contribution in [2.24, 2.45) is 0 Å². The molecule has 0 radical (unpaired) electrons. The number of hydrogen-bond acceptors (Lipinski definition) is 3. The van der Waals surface area contributed by atoms with Gasteiger partial charge in [0.15, 0.2) is 0 Å². The number of carbonyl (C=O) groups is 1. The van der Waals surface area contributed by atoms with Crippen LogP contribution in [0.3, 0.4) is 0 Å². The molecule has 4 nitrogen and oxygen atoms in total. The molecule has 2 amide bonds. The van der Waals surface area contributed by atoms with Gasteiger partial charge in [-0.25, -0.2) is 9.78 Å². The first kappa shape index (κ1) is 16.8. The Morgan fingerprint density at radius 2 is 2.09 bits per heavy atom. The summed E-state index contributed by atoms with van der Waals surface area (Å²) in [7, 11) is 0. The molecular formula is C16H20ClN3OS. The topological polar surface area (TPSA) is 54.0 Å². The van der Waals surface area contributed by atoms with Crippen molar-refractivity contribution in [2.45, 2.75) is 32.7 Å². The summed E-state index contributed by atoms with van der Waals surface area (Å²) in [5.74, 6) is 0. The van der Waals surface area contributed by atoms with E-state index in [-0.39, 0.29) is 12.1 Å². The molecule has 1 unspecified atom stereocenters. The smallest absolute Gasteiger partial charge is 0.315 e. The number of amides is 2. The van der Waals surface area contributed by atoms with Crippen LogP contribution < -0.4 is 10.6 Å². The Balaban J connectivity index is 1.82. The molecule has 22 heavy (non-hydrogen) atoms. The second kappa shape index (κ2) is 8.15. The Morgan fingerprint density at radius 3 is 2.77 bits per heavy atom. The summed E-state index contributed by atoms with van der Waals surface area (Å²) >= 11 is 7.48. The van der Waals surface area contributed by atoms with E-state index in [1.807, 2.05) is 43.5 Å². The number of aromatic nitrogens is 1. The zero-order valence-electron chi connectivity index (χ0n) is 12.7. The summed E-state index contributed by atoms with van der Waals surface area (Å²) in [5, 5.41) is 9.44. The van der Waals surface area contributed by atoms with Gasteiger partial charge in [-0.05, 0) is 25.5 Å². The Morgan fingerprint density at radius 1 is 1.36 bits per heavy atom. The molecule has 2 rings (SSSR count). The summed E-state index contributed by atoms with van der Waals surface area (Å²) in [6.45, 7) is 4.60. The molecule has 2 N–H and O–H groups in total. The molecule has 0 bridgehead atoms. The lowest BCUT2D eigenvalue weighted by Gasteiger charge is -2.11. The van der Waals surface area contributed by atoms with E-state index >= 15 is 0 Å². The van der Waals surface area contributed by atoms with Gasteiger partial charge in [0.25, 0.3) is 0 Å². The molecule has 6 heteroatoms. The molecule has 0 saturated carbocycles. The third kappa shape index (κ3) is 5.00. The van der Waals surface area contributed by atoms with E-state index in [4.69, 9.17) is 11.6 Å². The summed E-state index contributed by atoms with van der Waals surface area (Å²) < 4.78 is 0. The van der Waals surface area contributed by atoms with Crippen molar-refractivity contribution in [2.75, 3.05) is 6.54 Å². The molecule has 0 aliphatic heterocycles. The van der Waals surface area contributed by atoms with Gasteiger partial charge in [0.05, 0.1) is 5.69 Å². The molecule has 2 aromatic rings. The first-order chi connectivity index (χ1) is 10.6. The average Bonchev–Trinajstić information content (AvgIpc) is 2.96. The highest BCUT2D eigenvalue weighted by atomic mass is 35.5. The largest absolute Gasteiger partial charge is 0.338 e. The zero-order valence-corrected chi connectivity index (χ0v) is 14.3. The minimum Gasteiger partial charge on any atom is -0.338 e. The average molecular weight is 338 g/mol. The van der Waals surface area contributed by atoms with Crippen LogP contribution in [0.2, 0.25) is 5.02 Å². The number of urea groups is 1. The number of carbonyl (C=O) groups excluding carboxylic acids is 1. The maximum absolute atomic E-state index is 11.6. The van der Waals surface area contributed by atoms with Crippen LogP contribution in [0.15, 0.2) is 29.6 Å². The van der Waals surface area contributed by atoms with Crippen LogP contribution in [0, 0.1) is 0 Å². The second-order valence-electron chi connectivity index (χ2n) is 5.11. The summed E-state index contributed by atoms with van der Waals surface area (Å²) in [6.07, 6.45) is 1.64. The molecule has 1 aromatic heterocycles. The Kier molecular flexibility index (Phi) is 6.21.